The SMILES string of the molecule is c1cc[se]c1.c1ccccc1.c1ccncc1.c1ccsc1.c1cncnc1.c1nncs1. The fourth-order valence-corrected chi connectivity index (χ4v) is 3.22. The quantitative estimate of drug-likeness (QED) is 0.213. The molecule has 0 amide bonds. The molecule has 0 fully saturated rings. The molecule has 5 nitrogen and oxygen atoms in total. The minimum Gasteiger partial charge on any atom is -0.265 e. The molecule has 5 aromatic heterocycles. The van der Waals surface area contributed by atoms with Crippen LogP contribution in [0.15, 0.2) is 148 Å². The molecule has 0 atom stereocenters. The fourth-order valence-electron chi connectivity index (χ4n) is 1.54. The second-order valence-electron chi connectivity index (χ2n) is 5.25. The van der Waals surface area contributed by atoms with E-state index in [4.69, 9.17) is 0 Å². The van der Waals surface area contributed by atoms with Gasteiger partial charge in [0.2, 0.25) is 0 Å². The van der Waals surface area contributed by atoms with Crippen molar-refractivity contribution in [2.45, 2.75) is 0 Å². The van der Waals surface area contributed by atoms with Crippen molar-refractivity contribution in [2.75, 3.05) is 0 Å². The van der Waals surface area contributed by atoms with E-state index in [-0.39, 0.29) is 0 Å². The summed E-state index contributed by atoms with van der Waals surface area (Å²) in [6.45, 7) is 0. The van der Waals surface area contributed by atoms with E-state index in [2.05, 4.69) is 47.2 Å². The predicted molar refractivity (Wildman–Crippen MR) is 140 cm³/mol. The molecular formula is C25H25N5S2Se. The van der Waals surface area contributed by atoms with Crippen LogP contribution in [0.1, 0.15) is 0 Å². The summed E-state index contributed by atoms with van der Waals surface area (Å²) >= 11 is 3.91. The van der Waals surface area contributed by atoms with Crippen LogP contribution in [0.5, 0.6) is 0 Å². The summed E-state index contributed by atoms with van der Waals surface area (Å²) in [5.74, 6) is 0. The van der Waals surface area contributed by atoms with E-state index in [0.29, 0.717) is 14.5 Å². The van der Waals surface area contributed by atoms with Gasteiger partial charge in [0, 0.05) is 24.8 Å². The van der Waals surface area contributed by atoms with Gasteiger partial charge in [-0.15, -0.1) is 21.5 Å². The van der Waals surface area contributed by atoms with Crippen molar-refractivity contribution in [3.63, 3.8) is 0 Å². The van der Waals surface area contributed by atoms with Crippen LogP contribution in [-0.2, 0) is 0 Å². The van der Waals surface area contributed by atoms with E-state index < -0.39 is 0 Å². The molecule has 0 bridgehead atoms. The van der Waals surface area contributed by atoms with Gasteiger partial charge in [0.15, 0.2) is 0 Å². The molecule has 6 aromatic rings. The van der Waals surface area contributed by atoms with Gasteiger partial charge in [-0.2, -0.15) is 11.3 Å². The molecule has 0 aliphatic heterocycles. The summed E-state index contributed by atoms with van der Waals surface area (Å²) in [6.07, 6.45) is 8.38. The second kappa shape index (κ2) is 25.0. The maximum atomic E-state index is 3.78. The average molecular weight is 539 g/mol. The van der Waals surface area contributed by atoms with E-state index in [9.17, 15) is 0 Å². The molecule has 0 saturated carbocycles. The maximum Gasteiger partial charge on any atom is 0.115 e. The first-order valence-corrected chi connectivity index (χ1v) is 13.5. The van der Waals surface area contributed by atoms with Gasteiger partial charge < -0.3 is 0 Å². The summed E-state index contributed by atoms with van der Waals surface area (Å²) in [7, 11) is 0. The van der Waals surface area contributed by atoms with Crippen LogP contribution in [0.25, 0.3) is 0 Å². The topological polar surface area (TPSA) is 64.5 Å². The third-order valence-corrected chi connectivity index (χ3v) is 5.22. The number of rotatable bonds is 0. The summed E-state index contributed by atoms with van der Waals surface area (Å²) < 4.78 is 0. The zero-order valence-electron chi connectivity index (χ0n) is 17.9. The van der Waals surface area contributed by atoms with Crippen LogP contribution < -0.4 is 0 Å². The van der Waals surface area contributed by atoms with Gasteiger partial charge in [0.1, 0.15) is 17.3 Å². The van der Waals surface area contributed by atoms with Crippen LogP contribution in [0.3, 0.4) is 0 Å². The number of thiophene rings is 1. The van der Waals surface area contributed by atoms with Crippen molar-refractivity contribution in [3.05, 3.63) is 148 Å². The third kappa shape index (κ3) is 23.2. The molecule has 0 spiro atoms. The van der Waals surface area contributed by atoms with E-state index in [0.717, 1.165) is 0 Å². The van der Waals surface area contributed by atoms with Crippen molar-refractivity contribution in [3.8, 4) is 0 Å². The minimum atomic E-state index is 0.708. The second-order valence-corrected chi connectivity index (χ2v) is 8.47. The Kier molecular flexibility index (Phi) is 21.0. The van der Waals surface area contributed by atoms with E-state index in [1.165, 1.54) is 17.7 Å². The Balaban J connectivity index is 0.000000198. The molecule has 0 radical (unpaired) electrons. The Bertz CT molecular complexity index is 732. The fraction of sp³-hybridized carbons (Fsp3) is 0. The molecule has 0 aliphatic carbocycles. The Morgan fingerprint density at radius 1 is 0.424 bits per heavy atom. The van der Waals surface area contributed by atoms with Crippen molar-refractivity contribution >= 4 is 37.2 Å². The summed E-state index contributed by atoms with van der Waals surface area (Å²) in [5.41, 5.74) is 3.36. The zero-order valence-corrected chi connectivity index (χ0v) is 21.2. The Labute approximate surface area is 209 Å². The van der Waals surface area contributed by atoms with Gasteiger partial charge >= 0.3 is 36.5 Å². The van der Waals surface area contributed by atoms with Crippen LogP contribution in [0, 0.1) is 0 Å². The van der Waals surface area contributed by atoms with Gasteiger partial charge in [-0.3, -0.25) is 4.98 Å². The molecule has 1 aromatic carbocycles. The first kappa shape index (κ1) is 27.7. The molecule has 5 heterocycles. The van der Waals surface area contributed by atoms with Gasteiger partial charge in [-0.1, -0.05) is 54.6 Å². The number of hydrogen-bond acceptors (Lipinski definition) is 7. The van der Waals surface area contributed by atoms with E-state index in [1.807, 2.05) is 77.5 Å². The normalized spacial score (nSPS) is 8.00. The molecule has 0 unspecified atom stereocenters. The van der Waals surface area contributed by atoms with Gasteiger partial charge in [0.05, 0.1) is 0 Å². The smallest absolute Gasteiger partial charge is 0.115 e. The number of nitrogens with zero attached hydrogens (tertiary/aromatic N) is 5. The predicted octanol–water partition coefficient (Wildman–Crippen LogP) is 6.27. The first-order chi connectivity index (χ1) is 16.5. The van der Waals surface area contributed by atoms with Gasteiger partial charge in [-0.25, -0.2) is 9.97 Å². The largest absolute Gasteiger partial charge is 0.265 e. The molecule has 0 aliphatic rings. The van der Waals surface area contributed by atoms with E-state index >= 15 is 0 Å². The van der Waals surface area contributed by atoms with E-state index in [1.54, 1.807) is 53.2 Å². The molecule has 0 saturated heterocycles. The van der Waals surface area contributed by atoms with Crippen LogP contribution in [0.2, 0.25) is 0 Å². The standard InChI is InChI=1S/C6H6.C5H5N.C4H4N2.C4H4S.C4H4Se.C2H2N2S/c2*1-2-4-6-5-3-1;1-2-5-4-6-3-1;2*1-2-4-5-3-1;1-3-4-2-5-1/h1-6H;1-5H;1-4H;2*1-4H;1-2H. The van der Waals surface area contributed by atoms with Crippen LogP contribution >= 0.6 is 22.7 Å². The Morgan fingerprint density at radius 3 is 1.09 bits per heavy atom. The molecule has 8 heteroatoms. The summed E-state index contributed by atoms with van der Waals surface area (Å²) in [4.78, 5) is 15.5. The minimum absolute atomic E-state index is 0.708. The monoisotopic (exact) mass is 539 g/mol. The van der Waals surface area contributed by atoms with Crippen molar-refractivity contribution in [1.82, 2.24) is 25.1 Å². The van der Waals surface area contributed by atoms with Crippen molar-refractivity contribution in [2.24, 2.45) is 0 Å². The number of benzene rings is 1. The third-order valence-electron chi connectivity index (χ3n) is 2.84. The van der Waals surface area contributed by atoms with Crippen LogP contribution in [0.4, 0.5) is 0 Å². The van der Waals surface area contributed by atoms with Gasteiger partial charge in [0.25, 0.3) is 0 Å². The summed E-state index contributed by atoms with van der Waals surface area (Å²) in [6, 6.07) is 27.7. The maximum absolute atomic E-state index is 3.78. The molecule has 168 valence electrons. The van der Waals surface area contributed by atoms with Crippen molar-refractivity contribution < 1.29 is 0 Å². The molecule has 6 rings (SSSR count). The van der Waals surface area contributed by atoms with Gasteiger partial charge in [-0.05, 0) is 29.0 Å². The zero-order chi connectivity index (χ0) is 23.3. The van der Waals surface area contributed by atoms with Crippen molar-refractivity contribution in [1.29, 1.82) is 0 Å². The van der Waals surface area contributed by atoms with Crippen LogP contribution in [-0.4, -0.2) is 39.7 Å². The molecule has 33 heavy (non-hydrogen) atoms. The number of aromatic nitrogens is 5. The average Bonchev–Trinajstić information content (AvgIpc) is 3.76. The molecule has 0 N–H and O–H groups in total. The summed E-state index contributed by atoms with van der Waals surface area (Å²) in [5, 5.41) is 11.1. The first-order valence-electron chi connectivity index (χ1n) is 9.68. The number of pyridine rings is 1. The molecular weight excluding hydrogens is 513 g/mol. The number of hydrogen-bond donors (Lipinski definition) is 0. The Morgan fingerprint density at radius 2 is 0.909 bits per heavy atom. The Hall–Kier alpha value is -3.29.